The van der Waals surface area contributed by atoms with E-state index in [1.807, 2.05) is 0 Å². The van der Waals surface area contributed by atoms with Crippen LogP contribution in [0.2, 0.25) is 0 Å². The lowest BCUT2D eigenvalue weighted by Crippen LogP contribution is -2.11. The summed E-state index contributed by atoms with van der Waals surface area (Å²) in [7, 11) is 1.29. The van der Waals surface area contributed by atoms with Gasteiger partial charge in [-0.3, -0.25) is 0 Å². The quantitative estimate of drug-likeness (QED) is 0.585. The second-order valence-electron chi connectivity index (χ2n) is 3.17. The highest BCUT2D eigenvalue weighted by atomic mass is 35.5. The average Bonchev–Trinajstić information content (AvgIpc) is 2.15. The molecule has 16 heavy (non-hydrogen) atoms. The van der Waals surface area contributed by atoms with E-state index in [1.54, 1.807) is 0 Å². The molecule has 1 unspecified atom stereocenters. The Morgan fingerprint density at radius 1 is 1.38 bits per heavy atom. The number of methoxy groups -OCH3 is 1. The van der Waals surface area contributed by atoms with Crippen molar-refractivity contribution < 1.29 is 22.3 Å². The molecule has 0 spiro atoms. The zero-order valence-corrected chi connectivity index (χ0v) is 9.07. The molecule has 0 saturated heterocycles. The Balaban J connectivity index is 2.97. The number of hydrogen-bond donors (Lipinski definition) is 0. The molecular formula is C10H9ClF4O. The molecule has 1 atom stereocenters. The fourth-order valence-electron chi connectivity index (χ4n) is 1.26. The van der Waals surface area contributed by atoms with Crippen molar-refractivity contribution >= 4 is 11.6 Å². The van der Waals surface area contributed by atoms with Crippen molar-refractivity contribution in [1.82, 2.24) is 0 Å². The van der Waals surface area contributed by atoms with Gasteiger partial charge in [0.1, 0.15) is 11.6 Å². The molecule has 1 rings (SSSR count). The number of alkyl halides is 4. The summed E-state index contributed by atoms with van der Waals surface area (Å²) in [6.07, 6.45) is -5.63. The highest BCUT2D eigenvalue weighted by molar-refractivity contribution is 6.21. The van der Waals surface area contributed by atoms with E-state index in [0.29, 0.717) is 0 Å². The van der Waals surface area contributed by atoms with Gasteiger partial charge in [-0.15, -0.1) is 11.6 Å². The normalized spacial score (nSPS) is 13.6. The van der Waals surface area contributed by atoms with E-state index < -0.39 is 23.8 Å². The Hall–Kier alpha value is -0.970. The lowest BCUT2D eigenvalue weighted by molar-refractivity contribution is -0.134. The van der Waals surface area contributed by atoms with Crippen LogP contribution in [0.3, 0.4) is 0 Å². The molecule has 0 aromatic heterocycles. The van der Waals surface area contributed by atoms with Gasteiger partial charge in [-0.1, -0.05) is 0 Å². The molecule has 0 saturated carbocycles. The van der Waals surface area contributed by atoms with Crippen LogP contribution in [0.4, 0.5) is 17.6 Å². The Morgan fingerprint density at radius 2 is 2.00 bits per heavy atom. The molecule has 0 amide bonds. The predicted molar refractivity (Wildman–Crippen MR) is 52.2 cm³/mol. The lowest BCUT2D eigenvalue weighted by Gasteiger charge is -2.15. The molecule has 0 aliphatic heterocycles. The minimum absolute atomic E-state index is 0.00138. The van der Waals surface area contributed by atoms with Crippen molar-refractivity contribution in [3.05, 3.63) is 29.6 Å². The van der Waals surface area contributed by atoms with Crippen molar-refractivity contribution in [2.45, 2.75) is 18.0 Å². The van der Waals surface area contributed by atoms with Crippen LogP contribution < -0.4 is 4.74 Å². The summed E-state index contributed by atoms with van der Waals surface area (Å²) in [5.74, 6) is -0.505. The molecule has 1 aromatic rings. The zero-order valence-electron chi connectivity index (χ0n) is 8.31. The molecule has 0 fully saturated rings. The Bertz CT molecular complexity index is 364. The minimum Gasteiger partial charge on any atom is -0.496 e. The molecule has 0 heterocycles. The van der Waals surface area contributed by atoms with E-state index in [4.69, 9.17) is 16.3 Å². The van der Waals surface area contributed by atoms with Crippen LogP contribution in [0.1, 0.15) is 17.4 Å². The summed E-state index contributed by atoms with van der Waals surface area (Å²) in [5, 5.41) is -1.36. The van der Waals surface area contributed by atoms with E-state index in [2.05, 4.69) is 0 Å². The van der Waals surface area contributed by atoms with Crippen LogP contribution in [0.5, 0.6) is 5.75 Å². The summed E-state index contributed by atoms with van der Waals surface area (Å²) in [4.78, 5) is 0. The highest BCUT2D eigenvalue weighted by Crippen LogP contribution is 2.38. The molecule has 90 valence electrons. The third-order valence-electron chi connectivity index (χ3n) is 1.94. The van der Waals surface area contributed by atoms with Gasteiger partial charge >= 0.3 is 6.18 Å². The minimum atomic E-state index is -4.40. The maximum Gasteiger partial charge on any atom is 0.390 e. The maximum absolute atomic E-state index is 12.9. The Labute approximate surface area is 95.0 Å². The zero-order chi connectivity index (χ0) is 12.3. The van der Waals surface area contributed by atoms with Crippen LogP contribution in [-0.4, -0.2) is 13.3 Å². The van der Waals surface area contributed by atoms with Crippen LogP contribution in [0.15, 0.2) is 18.2 Å². The van der Waals surface area contributed by atoms with Crippen LogP contribution in [0.25, 0.3) is 0 Å². The SMILES string of the molecule is COc1ccc(F)cc1C(Cl)CC(F)(F)F. The van der Waals surface area contributed by atoms with Gasteiger partial charge in [0.05, 0.1) is 18.9 Å². The molecule has 0 aliphatic carbocycles. The molecule has 0 radical (unpaired) electrons. The first-order chi connectivity index (χ1) is 7.33. The third-order valence-corrected chi connectivity index (χ3v) is 2.33. The van der Waals surface area contributed by atoms with Gasteiger partial charge in [0.2, 0.25) is 0 Å². The van der Waals surface area contributed by atoms with Gasteiger partial charge in [0, 0.05) is 5.56 Å². The largest absolute Gasteiger partial charge is 0.496 e. The monoisotopic (exact) mass is 256 g/mol. The average molecular weight is 257 g/mol. The highest BCUT2D eigenvalue weighted by Gasteiger charge is 2.32. The molecule has 6 heteroatoms. The Morgan fingerprint density at radius 3 is 2.50 bits per heavy atom. The predicted octanol–water partition coefficient (Wildman–Crippen LogP) is 4.07. The molecule has 0 aliphatic rings. The Kier molecular flexibility index (Phi) is 4.02. The molecule has 1 aromatic carbocycles. The van der Waals surface area contributed by atoms with E-state index in [1.165, 1.54) is 13.2 Å². The van der Waals surface area contributed by atoms with Crippen LogP contribution in [0, 0.1) is 5.82 Å². The van der Waals surface area contributed by atoms with Gasteiger partial charge < -0.3 is 4.74 Å². The number of rotatable bonds is 3. The van der Waals surface area contributed by atoms with Crippen molar-refractivity contribution in [2.75, 3.05) is 7.11 Å². The first-order valence-electron chi connectivity index (χ1n) is 4.38. The molecule has 0 N–H and O–H groups in total. The van der Waals surface area contributed by atoms with Gasteiger partial charge in [-0.25, -0.2) is 4.39 Å². The van der Waals surface area contributed by atoms with Crippen molar-refractivity contribution in [3.8, 4) is 5.75 Å². The van der Waals surface area contributed by atoms with Crippen LogP contribution >= 0.6 is 11.6 Å². The lowest BCUT2D eigenvalue weighted by atomic mass is 10.1. The topological polar surface area (TPSA) is 9.23 Å². The first-order valence-corrected chi connectivity index (χ1v) is 4.81. The number of hydrogen-bond acceptors (Lipinski definition) is 1. The summed E-state index contributed by atoms with van der Waals surface area (Å²) < 4.78 is 54.0. The van der Waals surface area contributed by atoms with E-state index in [-0.39, 0.29) is 11.3 Å². The van der Waals surface area contributed by atoms with Gasteiger partial charge in [-0.05, 0) is 18.2 Å². The second kappa shape index (κ2) is 4.91. The van der Waals surface area contributed by atoms with E-state index in [9.17, 15) is 17.6 Å². The van der Waals surface area contributed by atoms with Crippen LogP contribution in [-0.2, 0) is 0 Å². The summed E-state index contributed by atoms with van der Waals surface area (Å²) in [6, 6.07) is 3.29. The fourth-order valence-corrected chi connectivity index (χ4v) is 1.61. The van der Waals surface area contributed by atoms with Gasteiger partial charge in [0.25, 0.3) is 0 Å². The smallest absolute Gasteiger partial charge is 0.390 e. The number of benzene rings is 1. The summed E-state index contributed by atoms with van der Waals surface area (Å²) in [6.45, 7) is 0. The molecular weight excluding hydrogens is 248 g/mol. The van der Waals surface area contributed by atoms with Gasteiger partial charge in [-0.2, -0.15) is 13.2 Å². The molecule has 0 bridgehead atoms. The maximum atomic E-state index is 12.9. The third kappa shape index (κ3) is 3.56. The standard InChI is InChI=1S/C10H9ClF4O/c1-16-9-3-2-6(12)4-7(9)8(11)5-10(13,14)15/h2-4,8H,5H2,1H3. The summed E-state index contributed by atoms with van der Waals surface area (Å²) >= 11 is 5.58. The van der Waals surface area contributed by atoms with Gasteiger partial charge in [0.15, 0.2) is 0 Å². The molecule has 1 nitrogen and oxygen atoms in total. The van der Waals surface area contributed by atoms with Crippen molar-refractivity contribution in [1.29, 1.82) is 0 Å². The first kappa shape index (κ1) is 13.1. The fraction of sp³-hybridized carbons (Fsp3) is 0.400. The van der Waals surface area contributed by atoms with E-state index in [0.717, 1.165) is 12.1 Å². The van der Waals surface area contributed by atoms with Crippen molar-refractivity contribution in [2.24, 2.45) is 0 Å². The van der Waals surface area contributed by atoms with Crippen molar-refractivity contribution in [3.63, 3.8) is 0 Å². The second-order valence-corrected chi connectivity index (χ2v) is 3.70. The number of halogens is 5. The number of ether oxygens (including phenoxy) is 1. The van der Waals surface area contributed by atoms with E-state index >= 15 is 0 Å². The summed E-state index contributed by atoms with van der Waals surface area (Å²) in [5.41, 5.74) is 0.00138.